The normalized spacial score (nSPS) is 12.8. The molecule has 0 amide bonds. The lowest BCUT2D eigenvalue weighted by Crippen LogP contribution is -2.34. The highest BCUT2D eigenvalue weighted by molar-refractivity contribution is 5.79. The predicted octanol–water partition coefficient (Wildman–Crippen LogP) is 5.06. The van der Waals surface area contributed by atoms with Crippen molar-refractivity contribution < 1.29 is 9.53 Å². The summed E-state index contributed by atoms with van der Waals surface area (Å²) >= 11 is 0. The van der Waals surface area contributed by atoms with Gasteiger partial charge in [-0.05, 0) is 36.1 Å². The number of methoxy groups -OCH3 is 1. The van der Waals surface area contributed by atoms with E-state index in [4.69, 9.17) is 4.74 Å². The van der Waals surface area contributed by atoms with E-state index in [1.54, 1.807) is 0 Å². The van der Waals surface area contributed by atoms with Crippen LogP contribution in [0.1, 0.15) is 23.5 Å². The largest absolute Gasteiger partial charge is 0.468 e. The maximum Gasteiger partial charge on any atom is 0.315 e. The maximum atomic E-state index is 12.7. The van der Waals surface area contributed by atoms with Gasteiger partial charge in [0, 0.05) is 11.7 Å². The van der Waals surface area contributed by atoms with Gasteiger partial charge in [-0.2, -0.15) is 0 Å². The molecule has 3 nitrogen and oxygen atoms in total. The fourth-order valence-corrected chi connectivity index (χ4v) is 3.36. The van der Waals surface area contributed by atoms with Crippen molar-refractivity contribution in [3.8, 4) is 0 Å². The van der Waals surface area contributed by atoms with Gasteiger partial charge in [0.2, 0.25) is 0 Å². The molecule has 0 fully saturated rings. The Morgan fingerprint density at radius 3 is 2.00 bits per heavy atom. The van der Waals surface area contributed by atoms with E-state index in [-0.39, 0.29) is 17.9 Å². The SMILES string of the molecule is COC(=O)[C@@H](c1ccccc1)[C@@H](CCc1ccccc1)Nc1ccccc1. The van der Waals surface area contributed by atoms with Crippen LogP contribution in [-0.4, -0.2) is 19.1 Å². The van der Waals surface area contributed by atoms with E-state index in [1.807, 2.05) is 78.9 Å². The van der Waals surface area contributed by atoms with Gasteiger partial charge in [-0.15, -0.1) is 0 Å². The highest BCUT2D eigenvalue weighted by Crippen LogP contribution is 2.27. The first-order chi connectivity index (χ1) is 13.3. The molecule has 0 aliphatic carbocycles. The average Bonchev–Trinajstić information content (AvgIpc) is 2.74. The van der Waals surface area contributed by atoms with Gasteiger partial charge in [-0.1, -0.05) is 78.9 Å². The first-order valence-corrected chi connectivity index (χ1v) is 9.26. The molecule has 0 bridgehead atoms. The predicted molar refractivity (Wildman–Crippen MR) is 110 cm³/mol. The highest BCUT2D eigenvalue weighted by Gasteiger charge is 2.30. The number of benzene rings is 3. The summed E-state index contributed by atoms with van der Waals surface area (Å²) in [5, 5.41) is 3.56. The standard InChI is InChI=1S/C24H25NO2/c1-27-24(26)23(20-13-7-3-8-14-20)22(25-21-15-9-4-10-16-21)18-17-19-11-5-2-6-12-19/h2-16,22-23,25H,17-18H2,1H3/t22-,23+/m1/s1. The van der Waals surface area contributed by atoms with Crippen molar-refractivity contribution in [1.29, 1.82) is 0 Å². The summed E-state index contributed by atoms with van der Waals surface area (Å²) in [5.41, 5.74) is 3.22. The number of ether oxygens (including phenoxy) is 1. The summed E-state index contributed by atoms with van der Waals surface area (Å²) in [6.45, 7) is 0. The molecule has 3 rings (SSSR count). The molecule has 2 atom stereocenters. The Hall–Kier alpha value is -3.07. The summed E-state index contributed by atoms with van der Waals surface area (Å²) in [7, 11) is 1.45. The molecular formula is C24H25NO2. The molecule has 0 heterocycles. The third kappa shape index (κ3) is 5.20. The van der Waals surface area contributed by atoms with Crippen molar-refractivity contribution in [3.05, 3.63) is 102 Å². The summed E-state index contributed by atoms with van der Waals surface area (Å²) in [6.07, 6.45) is 1.69. The van der Waals surface area contributed by atoms with Crippen molar-refractivity contribution >= 4 is 11.7 Å². The van der Waals surface area contributed by atoms with E-state index in [2.05, 4.69) is 17.4 Å². The van der Waals surface area contributed by atoms with Crippen LogP contribution in [0.4, 0.5) is 5.69 Å². The van der Waals surface area contributed by atoms with Crippen LogP contribution in [-0.2, 0) is 16.0 Å². The van der Waals surface area contributed by atoms with E-state index >= 15 is 0 Å². The molecule has 0 unspecified atom stereocenters. The minimum atomic E-state index is -0.375. The number of para-hydroxylation sites is 1. The molecule has 1 N–H and O–H groups in total. The zero-order valence-corrected chi connectivity index (χ0v) is 15.5. The van der Waals surface area contributed by atoms with Gasteiger partial charge in [0.1, 0.15) is 5.92 Å². The van der Waals surface area contributed by atoms with Gasteiger partial charge in [-0.3, -0.25) is 4.79 Å². The molecule has 3 aromatic rings. The Kier molecular flexibility index (Phi) is 6.64. The Labute approximate surface area is 161 Å². The Balaban J connectivity index is 1.88. The fraction of sp³-hybridized carbons (Fsp3) is 0.208. The molecule has 138 valence electrons. The smallest absolute Gasteiger partial charge is 0.315 e. The van der Waals surface area contributed by atoms with Crippen molar-refractivity contribution in [2.24, 2.45) is 0 Å². The third-order valence-corrected chi connectivity index (χ3v) is 4.73. The molecule has 3 heteroatoms. The molecule has 0 aromatic heterocycles. The van der Waals surface area contributed by atoms with Gasteiger partial charge in [0.25, 0.3) is 0 Å². The van der Waals surface area contributed by atoms with Crippen LogP contribution < -0.4 is 5.32 Å². The van der Waals surface area contributed by atoms with E-state index in [0.29, 0.717) is 0 Å². The first kappa shape index (κ1) is 18.7. The van der Waals surface area contributed by atoms with E-state index in [0.717, 1.165) is 24.1 Å². The minimum Gasteiger partial charge on any atom is -0.468 e. The number of rotatable bonds is 8. The second-order valence-corrected chi connectivity index (χ2v) is 6.55. The van der Waals surface area contributed by atoms with Gasteiger partial charge in [0.15, 0.2) is 0 Å². The first-order valence-electron chi connectivity index (χ1n) is 9.26. The maximum absolute atomic E-state index is 12.7. The fourth-order valence-electron chi connectivity index (χ4n) is 3.36. The Morgan fingerprint density at radius 2 is 1.41 bits per heavy atom. The topological polar surface area (TPSA) is 38.3 Å². The van der Waals surface area contributed by atoms with Crippen molar-refractivity contribution in [1.82, 2.24) is 0 Å². The molecule has 0 saturated carbocycles. The third-order valence-electron chi connectivity index (χ3n) is 4.73. The van der Waals surface area contributed by atoms with Crippen molar-refractivity contribution in [3.63, 3.8) is 0 Å². The number of nitrogens with one attached hydrogen (secondary N) is 1. The summed E-state index contributed by atoms with van der Waals surface area (Å²) < 4.78 is 5.16. The number of carbonyl (C=O) groups is 1. The summed E-state index contributed by atoms with van der Waals surface area (Å²) in [5.74, 6) is -0.595. The van der Waals surface area contributed by atoms with Gasteiger partial charge in [0.05, 0.1) is 7.11 Å². The van der Waals surface area contributed by atoms with E-state index in [9.17, 15) is 4.79 Å². The number of esters is 1. The summed E-state index contributed by atoms with van der Waals surface area (Å²) in [4.78, 5) is 12.7. The van der Waals surface area contributed by atoms with Gasteiger partial charge in [-0.25, -0.2) is 0 Å². The molecule has 0 saturated heterocycles. The van der Waals surface area contributed by atoms with Crippen LogP contribution in [0.2, 0.25) is 0 Å². The van der Waals surface area contributed by atoms with Crippen LogP contribution in [0.5, 0.6) is 0 Å². The van der Waals surface area contributed by atoms with Gasteiger partial charge < -0.3 is 10.1 Å². The Morgan fingerprint density at radius 1 is 0.852 bits per heavy atom. The highest BCUT2D eigenvalue weighted by atomic mass is 16.5. The molecule has 0 aliphatic rings. The van der Waals surface area contributed by atoms with Crippen molar-refractivity contribution in [2.75, 3.05) is 12.4 Å². The number of aryl methyl sites for hydroxylation is 1. The van der Waals surface area contributed by atoms with Crippen LogP contribution in [0.25, 0.3) is 0 Å². The Bertz CT molecular complexity index is 819. The second-order valence-electron chi connectivity index (χ2n) is 6.55. The van der Waals surface area contributed by atoms with Crippen LogP contribution in [0.3, 0.4) is 0 Å². The zero-order chi connectivity index (χ0) is 18.9. The number of carbonyl (C=O) groups excluding carboxylic acids is 1. The lowest BCUT2D eigenvalue weighted by molar-refractivity contribution is -0.142. The molecule has 0 aliphatic heterocycles. The molecular weight excluding hydrogens is 334 g/mol. The van der Waals surface area contributed by atoms with Crippen LogP contribution in [0.15, 0.2) is 91.0 Å². The number of hydrogen-bond acceptors (Lipinski definition) is 3. The summed E-state index contributed by atoms with van der Waals surface area (Å²) in [6, 6.07) is 30.1. The molecule has 0 spiro atoms. The van der Waals surface area contributed by atoms with Crippen molar-refractivity contribution in [2.45, 2.75) is 24.8 Å². The second kappa shape index (κ2) is 9.58. The van der Waals surface area contributed by atoms with E-state index in [1.165, 1.54) is 12.7 Å². The average molecular weight is 359 g/mol. The van der Waals surface area contributed by atoms with Crippen LogP contribution in [0, 0.1) is 0 Å². The monoisotopic (exact) mass is 359 g/mol. The lowest BCUT2D eigenvalue weighted by Gasteiger charge is -2.28. The van der Waals surface area contributed by atoms with Crippen LogP contribution >= 0.6 is 0 Å². The minimum absolute atomic E-state index is 0.0811. The lowest BCUT2D eigenvalue weighted by atomic mass is 9.87. The number of hydrogen-bond donors (Lipinski definition) is 1. The molecule has 3 aromatic carbocycles. The molecule has 27 heavy (non-hydrogen) atoms. The molecule has 0 radical (unpaired) electrons. The number of anilines is 1. The van der Waals surface area contributed by atoms with E-state index < -0.39 is 0 Å². The zero-order valence-electron chi connectivity index (χ0n) is 15.5. The van der Waals surface area contributed by atoms with Gasteiger partial charge >= 0.3 is 5.97 Å². The quantitative estimate of drug-likeness (QED) is 0.572.